The molecule has 1 aromatic rings. The Morgan fingerprint density at radius 3 is 2.38 bits per heavy atom. The Morgan fingerprint density at radius 1 is 1.25 bits per heavy atom. The van der Waals surface area contributed by atoms with Crippen molar-refractivity contribution in [3.8, 4) is 5.75 Å². The summed E-state index contributed by atoms with van der Waals surface area (Å²) < 4.78 is 32.1. The summed E-state index contributed by atoms with van der Waals surface area (Å²) in [5.41, 5.74) is 0. The van der Waals surface area contributed by atoms with Crippen LogP contribution in [0, 0.1) is 5.92 Å². The van der Waals surface area contributed by atoms with Crippen LogP contribution in [0.3, 0.4) is 0 Å². The Balaban J connectivity index is 1.97. The van der Waals surface area contributed by atoms with E-state index in [2.05, 4.69) is 12.2 Å². The Morgan fingerprint density at radius 2 is 1.83 bits per heavy atom. The third-order valence-corrected chi connectivity index (χ3v) is 5.94. The smallest absolute Gasteiger partial charge is 0.258 e. The van der Waals surface area contributed by atoms with E-state index in [1.54, 1.807) is 16.4 Å². The number of benzene rings is 1. The zero-order valence-corrected chi connectivity index (χ0v) is 15.3. The second-order valence-electron chi connectivity index (χ2n) is 6.57. The molecular weight excluding hydrogens is 328 g/mol. The van der Waals surface area contributed by atoms with Gasteiger partial charge in [0.05, 0.1) is 4.90 Å². The van der Waals surface area contributed by atoms with Gasteiger partial charge in [0.2, 0.25) is 10.0 Å². The van der Waals surface area contributed by atoms with Crippen LogP contribution in [-0.4, -0.2) is 44.4 Å². The van der Waals surface area contributed by atoms with E-state index in [1.165, 1.54) is 12.1 Å². The number of piperidine rings is 1. The van der Waals surface area contributed by atoms with E-state index < -0.39 is 10.0 Å². The summed E-state index contributed by atoms with van der Waals surface area (Å²) in [7, 11) is -3.45. The molecule has 0 spiro atoms. The highest BCUT2D eigenvalue weighted by Crippen LogP contribution is 2.24. The van der Waals surface area contributed by atoms with Gasteiger partial charge < -0.3 is 10.1 Å². The first-order valence-corrected chi connectivity index (χ1v) is 9.75. The largest absolute Gasteiger partial charge is 0.484 e. The fraction of sp³-hybridized carbons (Fsp3) is 0.588. The minimum atomic E-state index is -3.45. The lowest BCUT2D eigenvalue weighted by Gasteiger charge is -2.29. The number of sulfonamides is 1. The summed E-state index contributed by atoms with van der Waals surface area (Å²) in [5.74, 6) is 0.841. The average molecular weight is 354 g/mol. The average Bonchev–Trinajstić information content (AvgIpc) is 2.53. The molecule has 24 heavy (non-hydrogen) atoms. The van der Waals surface area contributed by atoms with Crippen molar-refractivity contribution in [2.45, 2.75) is 44.6 Å². The second-order valence-corrected chi connectivity index (χ2v) is 8.51. The van der Waals surface area contributed by atoms with Gasteiger partial charge in [0.25, 0.3) is 5.91 Å². The summed E-state index contributed by atoms with van der Waals surface area (Å²) in [5, 5.41) is 2.73. The Labute approximate surface area is 144 Å². The second kappa shape index (κ2) is 7.98. The van der Waals surface area contributed by atoms with Crippen LogP contribution in [0.4, 0.5) is 0 Å². The molecule has 0 aliphatic carbocycles. The van der Waals surface area contributed by atoms with Crippen molar-refractivity contribution >= 4 is 15.9 Å². The molecule has 0 saturated carbocycles. The molecule has 1 fully saturated rings. The fourth-order valence-corrected chi connectivity index (χ4v) is 4.06. The van der Waals surface area contributed by atoms with Gasteiger partial charge in [0, 0.05) is 19.1 Å². The number of nitrogens with one attached hydrogen (secondary N) is 1. The van der Waals surface area contributed by atoms with Crippen LogP contribution in [0.15, 0.2) is 29.2 Å². The topological polar surface area (TPSA) is 75.7 Å². The molecule has 1 saturated heterocycles. The third kappa shape index (κ3) is 4.95. The Bertz CT molecular complexity index is 648. The van der Waals surface area contributed by atoms with E-state index in [4.69, 9.17) is 4.74 Å². The van der Waals surface area contributed by atoms with E-state index in [0.29, 0.717) is 24.8 Å². The van der Waals surface area contributed by atoms with Crippen molar-refractivity contribution in [3.05, 3.63) is 24.3 Å². The standard InChI is InChI=1S/C17H26N2O4S/c1-13(2)18-17(20)12-23-15-4-6-16(7-5-15)24(21,22)19-10-8-14(3)9-11-19/h4-7,13-14H,8-12H2,1-3H3,(H,18,20). The summed E-state index contributed by atoms with van der Waals surface area (Å²) in [6, 6.07) is 6.29. The van der Waals surface area contributed by atoms with Crippen LogP contribution in [-0.2, 0) is 14.8 Å². The van der Waals surface area contributed by atoms with Crippen LogP contribution < -0.4 is 10.1 Å². The van der Waals surface area contributed by atoms with Crippen molar-refractivity contribution < 1.29 is 17.9 Å². The van der Waals surface area contributed by atoms with Crippen molar-refractivity contribution in [2.75, 3.05) is 19.7 Å². The van der Waals surface area contributed by atoms with Crippen molar-refractivity contribution in [1.29, 1.82) is 0 Å². The van der Waals surface area contributed by atoms with Gasteiger partial charge >= 0.3 is 0 Å². The van der Waals surface area contributed by atoms with Crippen molar-refractivity contribution in [3.63, 3.8) is 0 Å². The van der Waals surface area contributed by atoms with E-state index >= 15 is 0 Å². The molecule has 1 aliphatic heterocycles. The van der Waals surface area contributed by atoms with Crippen LogP contribution >= 0.6 is 0 Å². The molecule has 2 rings (SSSR count). The fourth-order valence-electron chi connectivity index (χ4n) is 2.59. The molecule has 0 unspecified atom stereocenters. The number of hydrogen-bond donors (Lipinski definition) is 1. The van der Waals surface area contributed by atoms with Crippen LogP contribution in [0.2, 0.25) is 0 Å². The first kappa shape index (κ1) is 18.7. The highest BCUT2D eigenvalue weighted by molar-refractivity contribution is 7.89. The summed E-state index contributed by atoms with van der Waals surface area (Å²) in [6.07, 6.45) is 1.79. The first-order chi connectivity index (χ1) is 11.3. The highest BCUT2D eigenvalue weighted by Gasteiger charge is 2.27. The molecular formula is C17H26N2O4S. The number of carbonyl (C=O) groups is 1. The Hall–Kier alpha value is -1.60. The van der Waals surface area contributed by atoms with Crippen LogP contribution in [0.25, 0.3) is 0 Å². The lowest BCUT2D eigenvalue weighted by atomic mass is 10.0. The molecule has 6 nitrogen and oxygen atoms in total. The number of amides is 1. The highest BCUT2D eigenvalue weighted by atomic mass is 32.2. The predicted molar refractivity (Wildman–Crippen MR) is 92.4 cm³/mol. The summed E-state index contributed by atoms with van der Waals surface area (Å²) >= 11 is 0. The zero-order valence-electron chi connectivity index (χ0n) is 14.5. The van der Waals surface area contributed by atoms with Gasteiger partial charge in [-0.3, -0.25) is 4.79 Å². The van der Waals surface area contributed by atoms with Gasteiger partial charge in [-0.2, -0.15) is 4.31 Å². The predicted octanol–water partition coefficient (Wildman–Crippen LogP) is 2.01. The number of rotatable bonds is 6. The number of ether oxygens (including phenoxy) is 1. The molecule has 1 amide bonds. The van der Waals surface area contributed by atoms with E-state index in [1.807, 2.05) is 13.8 Å². The molecule has 1 heterocycles. The third-order valence-electron chi connectivity index (χ3n) is 4.02. The maximum absolute atomic E-state index is 12.6. The number of nitrogens with zero attached hydrogens (tertiary/aromatic N) is 1. The minimum Gasteiger partial charge on any atom is -0.484 e. The minimum absolute atomic E-state index is 0.0564. The lowest BCUT2D eigenvalue weighted by molar-refractivity contribution is -0.123. The molecule has 0 radical (unpaired) electrons. The molecule has 0 atom stereocenters. The summed E-state index contributed by atoms with van der Waals surface area (Å²) in [6.45, 7) is 6.94. The molecule has 134 valence electrons. The lowest BCUT2D eigenvalue weighted by Crippen LogP contribution is -2.37. The van der Waals surface area contributed by atoms with Crippen molar-refractivity contribution in [1.82, 2.24) is 9.62 Å². The normalized spacial score (nSPS) is 17.0. The number of carbonyl (C=O) groups excluding carboxylic acids is 1. The Kier molecular flexibility index (Phi) is 6.23. The summed E-state index contributed by atoms with van der Waals surface area (Å²) in [4.78, 5) is 11.8. The molecule has 1 aromatic carbocycles. The molecule has 0 aromatic heterocycles. The van der Waals surface area contributed by atoms with E-state index in [9.17, 15) is 13.2 Å². The van der Waals surface area contributed by atoms with Gasteiger partial charge in [-0.15, -0.1) is 0 Å². The first-order valence-electron chi connectivity index (χ1n) is 8.31. The molecule has 0 bridgehead atoms. The van der Waals surface area contributed by atoms with Crippen molar-refractivity contribution in [2.24, 2.45) is 5.92 Å². The molecule has 1 aliphatic rings. The SMILES string of the molecule is CC1CCN(S(=O)(=O)c2ccc(OCC(=O)NC(C)C)cc2)CC1. The maximum atomic E-state index is 12.6. The van der Waals surface area contributed by atoms with Gasteiger partial charge in [-0.05, 0) is 56.9 Å². The van der Waals surface area contributed by atoms with Gasteiger partial charge in [-0.25, -0.2) is 8.42 Å². The molecule has 7 heteroatoms. The monoisotopic (exact) mass is 354 g/mol. The van der Waals surface area contributed by atoms with E-state index in [-0.39, 0.29) is 23.5 Å². The van der Waals surface area contributed by atoms with Gasteiger partial charge in [0.15, 0.2) is 6.61 Å². The molecule has 1 N–H and O–H groups in total. The zero-order chi connectivity index (χ0) is 17.7. The van der Waals surface area contributed by atoms with E-state index in [0.717, 1.165) is 12.8 Å². The maximum Gasteiger partial charge on any atom is 0.258 e. The van der Waals surface area contributed by atoms with Gasteiger partial charge in [0.1, 0.15) is 5.75 Å². The quantitative estimate of drug-likeness (QED) is 0.848. The van der Waals surface area contributed by atoms with Crippen LogP contribution in [0.5, 0.6) is 5.75 Å². The number of hydrogen-bond acceptors (Lipinski definition) is 4. The van der Waals surface area contributed by atoms with Crippen LogP contribution in [0.1, 0.15) is 33.6 Å². The van der Waals surface area contributed by atoms with Gasteiger partial charge in [-0.1, -0.05) is 6.92 Å².